The average Bonchev–Trinajstić information content (AvgIpc) is 3.10. The van der Waals surface area contributed by atoms with Crippen LogP contribution in [-0.4, -0.2) is 56.9 Å². The first-order valence-electron chi connectivity index (χ1n) is 11.5. The molecule has 1 amide bonds. The number of imidazole rings is 1. The molecule has 4 aromatic rings. The highest BCUT2D eigenvalue weighted by Crippen LogP contribution is 2.23. The van der Waals surface area contributed by atoms with E-state index in [1.54, 1.807) is 6.20 Å². The van der Waals surface area contributed by atoms with Crippen LogP contribution >= 0.6 is 0 Å². The van der Waals surface area contributed by atoms with E-state index in [1.165, 1.54) is 5.56 Å². The van der Waals surface area contributed by atoms with Gasteiger partial charge in [0, 0.05) is 46.1 Å². The van der Waals surface area contributed by atoms with Gasteiger partial charge >= 0.3 is 0 Å². The molecule has 1 aliphatic rings. The van der Waals surface area contributed by atoms with Crippen LogP contribution in [0.3, 0.4) is 0 Å². The predicted octanol–water partition coefficient (Wildman–Crippen LogP) is 3.77. The molecule has 6 nitrogen and oxygen atoms in total. The number of carbonyl (C=O) groups excluding carboxylic acids is 1. The summed E-state index contributed by atoms with van der Waals surface area (Å²) in [4.78, 5) is 26.5. The molecule has 168 valence electrons. The molecule has 6 heteroatoms. The minimum atomic E-state index is -0.0867. The van der Waals surface area contributed by atoms with Gasteiger partial charge in [-0.3, -0.25) is 14.7 Å². The summed E-state index contributed by atoms with van der Waals surface area (Å²) in [6.45, 7) is 3.04. The van der Waals surface area contributed by atoms with Gasteiger partial charge in [-0.1, -0.05) is 42.5 Å². The van der Waals surface area contributed by atoms with Crippen LogP contribution in [-0.2, 0) is 24.8 Å². The highest BCUT2D eigenvalue weighted by Gasteiger charge is 2.29. The first kappa shape index (κ1) is 21.3. The van der Waals surface area contributed by atoms with Crippen molar-refractivity contribution in [3.05, 3.63) is 84.4 Å². The summed E-state index contributed by atoms with van der Waals surface area (Å²) in [5.74, 6) is 1.16. The van der Waals surface area contributed by atoms with E-state index < -0.39 is 0 Å². The molecule has 5 rings (SSSR count). The van der Waals surface area contributed by atoms with Crippen LogP contribution in [0.2, 0.25) is 0 Å². The molecule has 2 aromatic heterocycles. The maximum Gasteiger partial charge on any atom is 0.227 e. The van der Waals surface area contributed by atoms with E-state index in [4.69, 9.17) is 4.98 Å². The molecule has 0 bridgehead atoms. The highest BCUT2D eigenvalue weighted by molar-refractivity contribution is 5.79. The second-order valence-corrected chi connectivity index (χ2v) is 8.91. The number of carbonyl (C=O) groups is 1. The average molecular weight is 440 g/mol. The number of para-hydroxylation sites is 2. The summed E-state index contributed by atoms with van der Waals surface area (Å²) < 4.78 is 2.16. The van der Waals surface area contributed by atoms with Crippen molar-refractivity contribution < 1.29 is 4.79 Å². The zero-order chi connectivity index (χ0) is 22.8. The summed E-state index contributed by atoms with van der Waals surface area (Å²) in [7, 11) is 3.99. The Morgan fingerprint density at radius 1 is 0.970 bits per heavy atom. The number of hydrogen-bond donors (Lipinski definition) is 0. The number of rotatable bonds is 5. The third kappa shape index (κ3) is 4.52. The van der Waals surface area contributed by atoms with Crippen molar-refractivity contribution in [1.82, 2.24) is 24.3 Å². The maximum atomic E-state index is 13.2. The van der Waals surface area contributed by atoms with Gasteiger partial charge in [-0.25, -0.2) is 4.98 Å². The fourth-order valence-corrected chi connectivity index (χ4v) is 4.72. The third-order valence-electron chi connectivity index (χ3n) is 6.60. The van der Waals surface area contributed by atoms with Gasteiger partial charge < -0.3 is 9.47 Å². The van der Waals surface area contributed by atoms with Gasteiger partial charge in [0.1, 0.15) is 5.82 Å². The largest absolute Gasteiger partial charge is 0.344 e. The van der Waals surface area contributed by atoms with Gasteiger partial charge in [0.25, 0.3) is 0 Å². The van der Waals surface area contributed by atoms with E-state index in [0.717, 1.165) is 60.6 Å². The van der Waals surface area contributed by atoms with E-state index in [0.29, 0.717) is 0 Å². The Balaban J connectivity index is 1.36. The summed E-state index contributed by atoms with van der Waals surface area (Å²) in [5.41, 5.74) is 5.55. The fraction of sp³-hybridized carbons (Fsp3) is 0.296. The Kier molecular flexibility index (Phi) is 5.92. The van der Waals surface area contributed by atoms with E-state index in [2.05, 4.69) is 64.0 Å². The van der Waals surface area contributed by atoms with Crippen molar-refractivity contribution in [2.45, 2.75) is 13.0 Å². The number of amides is 1. The second kappa shape index (κ2) is 9.16. The molecule has 1 saturated heterocycles. The molecule has 3 heterocycles. The number of aromatic nitrogens is 3. The third-order valence-corrected chi connectivity index (χ3v) is 6.60. The Labute approximate surface area is 194 Å². The molecule has 1 atom stereocenters. The van der Waals surface area contributed by atoms with Gasteiger partial charge in [-0.2, -0.15) is 0 Å². The standard InChI is InChI=1S/C27H29N5O/c1-30-13-14-32(19-26-29-24-10-3-4-11-25(24)31(26)2)18-23(27(30)33)16-20-7-5-8-21(15-20)22-9-6-12-28-17-22/h3-12,15,17,23H,13-14,16,18-19H2,1-2H3/t23-/m1/s1. The molecule has 0 unspecified atom stereocenters. The monoisotopic (exact) mass is 439 g/mol. The number of pyridine rings is 1. The molecular formula is C27H29N5O. The first-order chi connectivity index (χ1) is 16.1. The van der Waals surface area contributed by atoms with Crippen molar-refractivity contribution >= 4 is 16.9 Å². The molecule has 0 saturated carbocycles. The minimum absolute atomic E-state index is 0.0867. The van der Waals surface area contributed by atoms with Gasteiger partial charge in [0.2, 0.25) is 5.91 Å². The summed E-state index contributed by atoms with van der Waals surface area (Å²) in [6, 6.07) is 20.7. The molecular weight excluding hydrogens is 410 g/mol. The fourth-order valence-electron chi connectivity index (χ4n) is 4.72. The molecule has 33 heavy (non-hydrogen) atoms. The molecule has 0 N–H and O–H groups in total. The Hall–Kier alpha value is -3.51. The normalized spacial score (nSPS) is 17.5. The number of nitrogens with zero attached hydrogens (tertiary/aromatic N) is 5. The minimum Gasteiger partial charge on any atom is -0.344 e. The lowest BCUT2D eigenvalue weighted by Gasteiger charge is -2.23. The van der Waals surface area contributed by atoms with Crippen molar-refractivity contribution in [3.63, 3.8) is 0 Å². The lowest BCUT2D eigenvalue weighted by molar-refractivity contribution is -0.133. The smallest absolute Gasteiger partial charge is 0.227 e. The van der Waals surface area contributed by atoms with Crippen LogP contribution in [0.1, 0.15) is 11.4 Å². The predicted molar refractivity (Wildman–Crippen MR) is 130 cm³/mol. The van der Waals surface area contributed by atoms with Crippen molar-refractivity contribution in [2.75, 3.05) is 26.7 Å². The van der Waals surface area contributed by atoms with Crippen molar-refractivity contribution in [2.24, 2.45) is 13.0 Å². The van der Waals surface area contributed by atoms with E-state index in [-0.39, 0.29) is 11.8 Å². The van der Waals surface area contributed by atoms with E-state index >= 15 is 0 Å². The number of hydrogen-bond acceptors (Lipinski definition) is 4. The molecule has 1 aliphatic heterocycles. The Bertz CT molecular complexity index is 1270. The number of likely N-dealkylation sites (N-methyl/N-ethyl adjacent to an activating group) is 1. The number of fused-ring (bicyclic) bond motifs is 1. The van der Waals surface area contributed by atoms with Crippen LogP contribution in [0, 0.1) is 5.92 Å². The van der Waals surface area contributed by atoms with Crippen LogP contribution in [0.15, 0.2) is 73.1 Å². The SMILES string of the molecule is CN1CCN(Cc2nc3ccccc3n2C)C[C@@H](Cc2cccc(-c3cccnc3)c2)C1=O. The lowest BCUT2D eigenvalue weighted by atomic mass is 9.95. The molecule has 0 radical (unpaired) electrons. The Morgan fingerprint density at radius 3 is 2.64 bits per heavy atom. The molecule has 2 aromatic carbocycles. The second-order valence-electron chi connectivity index (χ2n) is 8.91. The van der Waals surface area contributed by atoms with Crippen LogP contribution < -0.4 is 0 Å². The summed E-state index contributed by atoms with van der Waals surface area (Å²) >= 11 is 0. The quantitative estimate of drug-likeness (QED) is 0.475. The molecule has 0 spiro atoms. The first-order valence-corrected chi connectivity index (χ1v) is 11.5. The van der Waals surface area contributed by atoms with E-state index in [9.17, 15) is 4.79 Å². The van der Waals surface area contributed by atoms with E-state index in [1.807, 2.05) is 36.3 Å². The zero-order valence-corrected chi connectivity index (χ0v) is 19.2. The topological polar surface area (TPSA) is 54.3 Å². The van der Waals surface area contributed by atoms with Crippen molar-refractivity contribution in [3.8, 4) is 11.1 Å². The molecule has 0 aliphatic carbocycles. The van der Waals surface area contributed by atoms with Gasteiger partial charge in [-0.15, -0.1) is 0 Å². The lowest BCUT2D eigenvalue weighted by Crippen LogP contribution is -2.34. The zero-order valence-electron chi connectivity index (χ0n) is 19.2. The van der Waals surface area contributed by atoms with Crippen molar-refractivity contribution in [1.29, 1.82) is 0 Å². The van der Waals surface area contributed by atoms with Gasteiger partial charge in [0.05, 0.1) is 23.5 Å². The van der Waals surface area contributed by atoms with Crippen LogP contribution in [0.4, 0.5) is 0 Å². The molecule has 1 fully saturated rings. The summed E-state index contributed by atoms with van der Waals surface area (Å²) in [5, 5.41) is 0. The van der Waals surface area contributed by atoms with Gasteiger partial charge in [0.15, 0.2) is 0 Å². The maximum absolute atomic E-state index is 13.2. The number of aryl methyl sites for hydroxylation is 1. The number of benzene rings is 2. The van der Waals surface area contributed by atoms with Crippen LogP contribution in [0.25, 0.3) is 22.2 Å². The van der Waals surface area contributed by atoms with Gasteiger partial charge in [-0.05, 0) is 41.3 Å². The highest BCUT2D eigenvalue weighted by atomic mass is 16.2. The Morgan fingerprint density at radius 2 is 1.82 bits per heavy atom. The van der Waals surface area contributed by atoms with Crippen LogP contribution in [0.5, 0.6) is 0 Å². The summed E-state index contributed by atoms with van der Waals surface area (Å²) in [6.07, 6.45) is 4.38.